The van der Waals surface area contributed by atoms with Crippen LogP contribution < -0.4 is 11.1 Å². The average molecular weight is 258 g/mol. The van der Waals surface area contributed by atoms with Crippen LogP contribution in [0.5, 0.6) is 0 Å². The minimum atomic E-state index is -0.0180. The van der Waals surface area contributed by atoms with E-state index >= 15 is 0 Å². The van der Waals surface area contributed by atoms with Gasteiger partial charge in [0.25, 0.3) is 0 Å². The number of imidazole rings is 1. The first-order valence-corrected chi connectivity index (χ1v) is 6.19. The molecule has 2 rings (SSSR count). The summed E-state index contributed by atoms with van der Waals surface area (Å²) in [4.78, 5) is 15.3. The number of nitrogens with one attached hydrogen (secondary N) is 1. The van der Waals surface area contributed by atoms with Gasteiger partial charge in [-0.1, -0.05) is 0 Å². The molecule has 0 saturated carbocycles. The molecule has 1 aromatic carbocycles. The predicted molar refractivity (Wildman–Crippen MR) is 76.2 cm³/mol. The first-order chi connectivity index (χ1) is 9.06. The highest BCUT2D eigenvalue weighted by atomic mass is 16.1. The molecule has 100 valence electrons. The fourth-order valence-corrected chi connectivity index (χ4v) is 2.01. The molecule has 2 aromatic rings. The molecule has 1 aromatic heterocycles. The van der Waals surface area contributed by atoms with Crippen molar-refractivity contribution in [3.63, 3.8) is 0 Å². The number of nitrogens with two attached hydrogens (primary N) is 1. The highest BCUT2D eigenvalue weighted by Crippen LogP contribution is 2.19. The molecule has 0 amide bonds. The molecule has 1 atom stereocenters. The number of carbonyl (C=O) groups excluding carboxylic acids is 1. The fraction of sp³-hybridized carbons (Fsp3) is 0.286. The van der Waals surface area contributed by atoms with Gasteiger partial charge >= 0.3 is 0 Å². The Morgan fingerprint density at radius 2 is 2.32 bits per heavy atom. The van der Waals surface area contributed by atoms with Gasteiger partial charge < -0.3 is 15.6 Å². The number of hydrogen-bond acceptors (Lipinski definition) is 4. The summed E-state index contributed by atoms with van der Waals surface area (Å²) in [5.74, 6) is -0.0180. The third-order valence-corrected chi connectivity index (χ3v) is 2.89. The molecule has 5 heteroatoms. The summed E-state index contributed by atoms with van der Waals surface area (Å²) in [6.45, 7) is 4.41. The van der Waals surface area contributed by atoms with E-state index in [4.69, 9.17) is 5.73 Å². The number of aromatic nitrogens is 2. The molecule has 0 saturated heterocycles. The molecule has 1 heterocycles. The van der Waals surface area contributed by atoms with E-state index in [0.29, 0.717) is 11.3 Å². The standard InChI is InChI=1S/C14H18N4O/c1-10(8-18-6-5-16-9-18)17-12-3-4-13(11(2)19)14(15)7-12/h3-7,9-10,17H,8,15H2,1-2H3. The number of hydrogen-bond donors (Lipinski definition) is 2. The normalized spacial score (nSPS) is 12.1. The largest absolute Gasteiger partial charge is 0.398 e. The van der Waals surface area contributed by atoms with Crippen LogP contribution in [0.4, 0.5) is 11.4 Å². The number of benzene rings is 1. The van der Waals surface area contributed by atoms with E-state index in [-0.39, 0.29) is 11.8 Å². The zero-order valence-electron chi connectivity index (χ0n) is 11.1. The Morgan fingerprint density at radius 1 is 1.53 bits per heavy atom. The number of carbonyl (C=O) groups is 1. The average Bonchev–Trinajstić information content (AvgIpc) is 2.81. The molecule has 0 spiro atoms. The predicted octanol–water partition coefficient (Wildman–Crippen LogP) is 2.17. The maximum absolute atomic E-state index is 11.3. The molecule has 0 aliphatic carbocycles. The van der Waals surface area contributed by atoms with Crippen LogP contribution in [-0.2, 0) is 6.54 Å². The Labute approximate surface area is 112 Å². The van der Waals surface area contributed by atoms with Crippen LogP contribution in [0.3, 0.4) is 0 Å². The lowest BCUT2D eigenvalue weighted by Crippen LogP contribution is -2.21. The van der Waals surface area contributed by atoms with Gasteiger partial charge in [-0.2, -0.15) is 0 Å². The quantitative estimate of drug-likeness (QED) is 0.636. The number of nitrogen functional groups attached to an aromatic ring is 1. The second-order valence-electron chi connectivity index (χ2n) is 4.66. The molecule has 3 N–H and O–H groups in total. The Morgan fingerprint density at radius 3 is 2.89 bits per heavy atom. The Bertz CT molecular complexity index is 563. The minimum Gasteiger partial charge on any atom is -0.398 e. The van der Waals surface area contributed by atoms with Crippen molar-refractivity contribution >= 4 is 17.2 Å². The first-order valence-electron chi connectivity index (χ1n) is 6.19. The second kappa shape index (κ2) is 5.56. The fourth-order valence-electron chi connectivity index (χ4n) is 2.01. The number of anilines is 2. The van der Waals surface area contributed by atoms with E-state index < -0.39 is 0 Å². The number of ketones is 1. The maximum Gasteiger partial charge on any atom is 0.161 e. The van der Waals surface area contributed by atoms with E-state index in [9.17, 15) is 4.79 Å². The molecule has 0 aliphatic rings. The van der Waals surface area contributed by atoms with Crippen molar-refractivity contribution in [3.8, 4) is 0 Å². The molecule has 0 fully saturated rings. The molecular weight excluding hydrogens is 240 g/mol. The van der Waals surface area contributed by atoms with Gasteiger partial charge in [0.15, 0.2) is 5.78 Å². The molecule has 5 nitrogen and oxygen atoms in total. The Balaban J connectivity index is 2.03. The van der Waals surface area contributed by atoms with Crippen LogP contribution in [0.2, 0.25) is 0 Å². The summed E-state index contributed by atoms with van der Waals surface area (Å²) in [5, 5.41) is 3.35. The number of nitrogens with zero attached hydrogens (tertiary/aromatic N) is 2. The first kappa shape index (κ1) is 13.1. The Kier molecular flexibility index (Phi) is 3.85. The van der Waals surface area contributed by atoms with Gasteiger partial charge in [0.05, 0.1) is 6.33 Å². The van der Waals surface area contributed by atoms with Crippen molar-refractivity contribution in [2.45, 2.75) is 26.4 Å². The Hall–Kier alpha value is -2.30. The van der Waals surface area contributed by atoms with Crippen LogP contribution in [0.1, 0.15) is 24.2 Å². The van der Waals surface area contributed by atoms with Crippen molar-refractivity contribution in [2.24, 2.45) is 0 Å². The van der Waals surface area contributed by atoms with Crippen LogP contribution in [0.25, 0.3) is 0 Å². The summed E-state index contributed by atoms with van der Waals surface area (Å²) >= 11 is 0. The van der Waals surface area contributed by atoms with Gasteiger partial charge in [0, 0.05) is 41.9 Å². The zero-order valence-corrected chi connectivity index (χ0v) is 11.1. The molecule has 0 aliphatic heterocycles. The molecule has 19 heavy (non-hydrogen) atoms. The highest BCUT2D eigenvalue weighted by Gasteiger charge is 2.07. The lowest BCUT2D eigenvalue weighted by molar-refractivity contribution is 0.101. The summed E-state index contributed by atoms with van der Waals surface area (Å²) in [5.41, 5.74) is 7.84. The SMILES string of the molecule is CC(=O)c1ccc(NC(C)Cn2ccnc2)cc1N. The van der Waals surface area contributed by atoms with Crippen LogP contribution in [0, 0.1) is 0 Å². The van der Waals surface area contributed by atoms with E-state index in [1.165, 1.54) is 6.92 Å². The van der Waals surface area contributed by atoms with Gasteiger partial charge in [0.2, 0.25) is 0 Å². The monoisotopic (exact) mass is 258 g/mol. The maximum atomic E-state index is 11.3. The van der Waals surface area contributed by atoms with E-state index in [2.05, 4.69) is 17.2 Å². The van der Waals surface area contributed by atoms with Crippen molar-refractivity contribution in [2.75, 3.05) is 11.1 Å². The van der Waals surface area contributed by atoms with E-state index in [1.807, 2.05) is 16.8 Å². The van der Waals surface area contributed by atoms with Gasteiger partial charge in [-0.15, -0.1) is 0 Å². The van der Waals surface area contributed by atoms with Crippen molar-refractivity contribution in [1.82, 2.24) is 9.55 Å². The van der Waals surface area contributed by atoms with Crippen molar-refractivity contribution in [1.29, 1.82) is 0 Å². The zero-order chi connectivity index (χ0) is 13.8. The van der Waals surface area contributed by atoms with Gasteiger partial charge in [0.1, 0.15) is 0 Å². The minimum absolute atomic E-state index is 0.0180. The summed E-state index contributed by atoms with van der Waals surface area (Å²) in [7, 11) is 0. The third-order valence-electron chi connectivity index (χ3n) is 2.89. The van der Waals surface area contributed by atoms with Gasteiger partial charge in [-0.05, 0) is 32.0 Å². The molecule has 1 unspecified atom stereocenters. The summed E-state index contributed by atoms with van der Waals surface area (Å²) in [6, 6.07) is 5.65. The van der Waals surface area contributed by atoms with Crippen molar-refractivity contribution < 1.29 is 4.79 Å². The van der Waals surface area contributed by atoms with Crippen LogP contribution >= 0.6 is 0 Å². The van der Waals surface area contributed by atoms with Gasteiger partial charge in [-0.25, -0.2) is 4.98 Å². The smallest absolute Gasteiger partial charge is 0.161 e. The van der Waals surface area contributed by atoms with Crippen LogP contribution in [-0.4, -0.2) is 21.4 Å². The van der Waals surface area contributed by atoms with E-state index in [0.717, 1.165) is 12.2 Å². The third kappa shape index (κ3) is 3.34. The summed E-state index contributed by atoms with van der Waals surface area (Å²) < 4.78 is 2.00. The number of Topliss-reactive ketones (excluding diaryl/α,β-unsaturated/α-hetero) is 1. The number of rotatable bonds is 5. The van der Waals surface area contributed by atoms with Crippen molar-refractivity contribution in [3.05, 3.63) is 42.5 Å². The summed E-state index contributed by atoms with van der Waals surface area (Å²) in [6.07, 6.45) is 5.46. The van der Waals surface area contributed by atoms with Crippen LogP contribution in [0.15, 0.2) is 36.9 Å². The molecule has 0 radical (unpaired) electrons. The topological polar surface area (TPSA) is 72.9 Å². The second-order valence-corrected chi connectivity index (χ2v) is 4.66. The molecular formula is C14H18N4O. The lowest BCUT2D eigenvalue weighted by Gasteiger charge is -2.16. The molecule has 0 bridgehead atoms. The van der Waals surface area contributed by atoms with E-state index in [1.54, 1.807) is 24.7 Å². The lowest BCUT2D eigenvalue weighted by atomic mass is 10.1. The van der Waals surface area contributed by atoms with Gasteiger partial charge in [-0.3, -0.25) is 4.79 Å². The highest BCUT2D eigenvalue weighted by molar-refractivity contribution is 5.99.